The molecule has 1 aromatic rings. The molecule has 1 amide bonds. The van der Waals surface area contributed by atoms with Crippen LogP contribution in [-0.4, -0.2) is 17.0 Å². The summed E-state index contributed by atoms with van der Waals surface area (Å²) in [6.07, 6.45) is 0. The number of carboxylic acid groups (broad SMARTS) is 1. The maximum Gasteiger partial charge on any atom is 0.318 e. The van der Waals surface area contributed by atoms with Crippen molar-refractivity contribution in [1.29, 1.82) is 0 Å². The van der Waals surface area contributed by atoms with Crippen LogP contribution >= 0.6 is 0 Å². The Balaban J connectivity index is 2.92. The molecule has 0 saturated heterocycles. The summed E-state index contributed by atoms with van der Waals surface area (Å²) in [5.74, 6) is -2.60. The van der Waals surface area contributed by atoms with E-state index in [4.69, 9.17) is 5.11 Å². The van der Waals surface area contributed by atoms with E-state index in [-0.39, 0.29) is 5.69 Å². The van der Waals surface area contributed by atoms with Crippen LogP contribution in [0.1, 0.15) is 19.4 Å². The fourth-order valence-corrected chi connectivity index (χ4v) is 1.10. The smallest absolute Gasteiger partial charge is 0.318 e. The molecule has 0 spiro atoms. The Morgan fingerprint density at radius 1 is 1.35 bits per heavy atom. The van der Waals surface area contributed by atoms with E-state index < -0.39 is 23.1 Å². The molecule has 1 rings (SSSR count). The lowest BCUT2D eigenvalue weighted by molar-refractivity contribution is -0.151. The molecule has 92 valence electrons. The molecule has 0 unspecified atom stereocenters. The number of benzene rings is 1. The molecule has 5 heteroatoms. The Hall–Kier alpha value is -1.91. The minimum Gasteiger partial charge on any atom is -0.480 e. The fourth-order valence-electron chi connectivity index (χ4n) is 1.10. The van der Waals surface area contributed by atoms with E-state index >= 15 is 0 Å². The first-order chi connectivity index (χ1) is 7.75. The highest BCUT2D eigenvalue weighted by Crippen LogP contribution is 2.21. The van der Waals surface area contributed by atoms with Crippen LogP contribution < -0.4 is 5.32 Å². The maximum absolute atomic E-state index is 13.4. The largest absolute Gasteiger partial charge is 0.480 e. The molecule has 0 aromatic heterocycles. The van der Waals surface area contributed by atoms with E-state index in [1.807, 2.05) is 0 Å². The first kappa shape index (κ1) is 13.2. The number of nitrogens with one attached hydrogen (secondary N) is 1. The lowest BCUT2D eigenvalue weighted by Crippen LogP contribution is -2.38. The molecule has 0 atom stereocenters. The van der Waals surface area contributed by atoms with Gasteiger partial charge in [0.05, 0.1) is 5.69 Å². The van der Waals surface area contributed by atoms with Crippen molar-refractivity contribution in [2.75, 3.05) is 5.32 Å². The molecule has 0 aliphatic carbocycles. The molecule has 0 bridgehead atoms. The number of carbonyl (C=O) groups is 2. The molecular formula is C12H14FNO3. The zero-order chi connectivity index (χ0) is 13.2. The number of rotatable bonds is 3. The molecule has 0 radical (unpaired) electrons. The quantitative estimate of drug-likeness (QED) is 0.794. The van der Waals surface area contributed by atoms with Crippen molar-refractivity contribution < 1.29 is 19.1 Å². The van der Waals surface area contributed by atoms with Crippen LogP contribution in [0.3, 0.4) is 0 Å². The molecule has 0 saturated carbocycles. The molecule has 0 aliphatic rings. The van der Waals surface area contributed by atoms with Gasteiger partial charge in [0.2, 0.25) is 5.91 Å². The summed E-state index contributed by atoms with van der Waals surface area (Å²) in [4.78, 5) is 22.5. The Kier molecular flexibility index (Phi) is 3.50. The van der Waals surface area contributed by atoms with Crippen LogP contribution in [0.25, 0.3) is 0 Å². The van der Waals surface area contributed by atoms with Crippen molar-refractivity contribution in [2.24, 2.45) is 5.41 Å². The van der Waals surface area contributed by atoms with E-state index in [9.17, 15) is 14.0 Å². The Morgan fingerprint density at radius 2 is 1.94 bits per heavy atom. The zero-order valence-electron chi connectivity index (χ0n) is 9.87. The highest BCUT2D eigenvalue weighted by Gasteiger charge is 2.36. The van der Waals surface area contributed by atoms with Crippen LogP contribution in [0.2, 0.25) is 0 Å². The molecule has 2 N–H and O–H groups in total. The van der Waals surface area contributed by atoms with Gasteiger partial charge in [-0.3, -0.25) is 9.59 Å². The molecule has 17 heavy (non-hydrogen) atoms. The summed E-state index contributed by atoms with van der Waals surface area (Å²) in [5.41, 5.74) is -0.898. The van der Waals surface area contributed by atoms with Gasteiger partial charge in [0.25, 0.3) is 0 Å². The van der Waals surface area contributed by atoms with Gasteiger partial charge in [-0.1, -0.05) is 6.07 Å². The Morgan fingerprint density at radius 3 is 2.41 bits per heavy atom. The van der Waals surface area contributed by atoms with E-state index in [1.165, 1.54) is 26.0 Å². The van der Waals surface area contributed by atoms with Gasteiger partial charge < -0.3 is 10.4 Å². The van der Waals surface area contributed by atoms with Crippen molar-refractivity contribution in [3.05, 3.63) is 29.6 Å². The van der Waals surface area contributed by atoms with Gasteiger partial charge in [0.1, 0.15) is 11.2 Å². The summed E-state index contributed by atoms with van der Waals surface area (Å²) in [6, 6.07) is 4.30. The zero-order valence-corrected chi connectivity index (χ0v) is 9.87. The van der Waals surface area contributed by atoms with Crippen LogP contribution in [-0.2, 0) is 9.59 Å². The SMILES string of the molecule is Cc1ccc(NC(=O)C(C)(C)C(=O)O)c(F)c1. The van der Waals surface area contributed by atoms with Crippen molar-refractivity contribution in [3.63, 3.8) is 0 Å². The van der Waals surface area contributed by atoms with Crippen LogP contribution in [0.5, 0.6) is 0 Å². The van der Waals surface area contributed by atoms with E-state index in [0.29, 0.717) is 0 Å². The summed E-state index contributed by atoms with van der Waals surface area (Å²) < 4.78 is 13.4. The van der Waals surface area contributed by atoms with E-state index in [1.54, 1.807) is 13.0 Å². The number of aryl methyl sites for hydroxylation is 1. The summed E-state index contributed by atoms with van der Waals surface area (Å²) in [6.45, 7) is 4.24. The third kappa shape index (κ3) is 2.81. The predicted octanol–water partition coefficient (Wildman–Crippen LogP) is 2.18. The lowest BCUT2D eigenvalue weighted by atomic mass is 9.92. The monoisotopic (exact) mass is 239 g/mol. The van der Waals surface area contributed by atoms with Crippen LogP contribution in [0.15, 0.2) is 18.2 Å². The fraction of sp³-hybridized carbons (Fsp3) is 0.333. The van der Waals surface area contributed by atoms with Gasteiger partial charge in [-0.2, -0.15) is 0 Å². The van der Waals surface area contributed by atoms with Crippen molar-refractivity contribution in [2.45, 2.75) is 20.8 Å². The second kappa shape index (κ2) is 4.53. The molecule has 1 aromatic carbocycles. The van der Waals surface area contributed by atoms with Crippen molar-refractivity contribution >= 4 is 17.6 Å². The molecule has 0 fully saturated rings. The standard InChI is InChI=1S/C12H14FNO3/c1-7-4-5-9(8(13)6-7)14-10(15)12(2,3)11(16)17/h4-6H,1-3H3,(H,14,15)(H,16,17). The van der Waals surface area contributed by atoms with Crippen LogP contribution in [0, 0.1) is 18.2 Å². The normalized spacial score (nSPS) is 11.1. The van der Waals surface area contributed by atoms with Gasteiger partial charge in [-0.05, 0) is 38.5 Å². The minimum atomic E-state index is -1.60. The van der Waals surface area contributed by atoms with Gasteiger partial charge in [-0.25, -0.2) is 4.39 Å². The second-order valence-corrected chi connectivity index (χ2v) is 4.37. The number of carbonyl (C=O) groups excluding carboxylic acids is 1. The maximum atomic E-state index is 13.4. The number of anilines is 1. The average Bonchev–Trinajstić information content (AvgIpc) is 2.21. The Labute approximate surface area is 98.5 Å². The number of hydrogen-bond acceptors (Lipinski definition) is 2. The number of carboxylic acids is 1. The van der Waals surface area contributed by atoms with Gasteiger partial charge >= 0.3 is 5.97 Å². The van der Waals surface area contributed by atoms with Crippen molar-refractivity contribution in [3.8, 4) is 0 Å². The molecule has 0 aliphatic heterocycles. The topological polar surface area (TPSA) is 66.4 Å². The van der Waals surface area contributed by atoms with Crippen molar-refractivity contribution in [1.82, 2.24) is 0 Å². The predicted molar refractivity (Wildman–Crippen MR) is 61.2 cm³/mol. The lowest BCUT2D eigenvalue weighted by Gasteiger charge is -2.18. The summed E-state index contributed by atoms with van der Waals surface area (Å²) in [7, 11) is 0. The third-order valence-corrected chi connectivity index (χ3v) is 2.48. The number of hydrogen-bond donors (Lipinski definition) is 2. The van der Waals surface area contributed by atoms with Crippen LogP contribution in [0.4, 0.5) is 10.1 Å². The first-order valence-corrected chi connectivity index (χ1v) is 5.06. The highest BCUT2D eigenvalue weighted by molar-refractivity contribution is 6.07. The van der Waals surface area contributed by atoms with Gasteiger partial charge in [-0.15, -0.1) is 0 Å². The van der Waals surface area contributed by atoms with Gasteiger partial charge in [0, 0.05) is 0 Å². The summed E-state index contributed by atoms with van der Waals surface area (Å²) in [5, 5.41) is 11.1. The highest BCUT2D eigenvalue weighted by atomic mass is 19.1. The first-order valence-electron chi connectivity index (χ1n) is 5.06. The third-order valence-electron chi connectivity index (χ3n) is 2.48. The summed E-state index contributed by atoms with van der Waals surface area (Å²) >= 11 is 0. The Bertz CT molecular complexity index is 469. The van der Waals surface area contributed by atoms with E-state index in [2.05, 4.69) is 5.32 Å². The molecule has 4 nitrogen and oxygen atoms in total. The van der Waals surface area contributed by atoms with Gasteiger partial charge in [0.15, 0.2) is 0 Å². The average molecular weight is 239 g/mol. The number of aliphatic carboxylic acids is 1. The molecule has 0 heterocycles. The molecular weight excluding hydrogens is 225 g/mol. The second-order valence-electron chi connectivity index (χ2n) is 4.37. The number of amides is 1. The number of halogens is 1. The van der Waals surface area contributed by atoms with E-state index in [0.717, 1.165) is 5.56 Å². The minimum absolute atomic E-state index is 0.0186.